The normalized spacial score (nSPS) is 14.4. The fourth-order valence-electron chi connectivity index (χ4n) is 3.64. The SMILES string of the molecule is CCCCCCCCCC(CCCCCCCCCCC(C)O)S(=O)(=O)O. The largest absolute Gasteiger partial charge is 0.393 e. The predicted molar refractivity (Wildman–Crippen MR) is 116 cm³/mol. The Morgan fingerprint density at radius 2 is 0.963 bits per heavy atom. The van der Waals surface area contributed by atoms with Crippen LogP contribution < -0.4 is 0 Å². The van der Waals surface area contributed by atoms with Gasteiger partial charge in [-0.05, 0) is 26.2 Å². The standard InChI is InChI=1S/C22H46O4S/c1-3-4-5-6-9-13-16-19-22(27(24,25)26)20-17-14-11-8-7-10-12-15-18-21(2)23/h21-23H,3-20H2,1-2H3,(H,24,25,26). The van der Waals surface area contributed by atoms with Gasteiger partial charge in [-0.1, -0.05) is 103 Å². The Morgan fingerprint density at radius 3 is 1.30 bits per heavy atom. The van der Waals surface area contributed by atoms with Crippen molar-refractivity contribution >= 4 is 10.1 Å². The number of hydrogen-bond acceptors (Lipinski definition) is 3. The van der Waals surface area contributed by atoms with Crippen molar-refractivity contribution in [1.82, 2.24) is 0 Å². The van der Waals surface area contributed by atoms with Crippen molar-refractivity contribution in [3.63, 3.8) is 0 Å². The number of aliphatic hydroxyl groups excluding tert-OH is 1. The van der Waals surface area contributed by atoms with Crippen LogP contribution in [0, 0.1) is 0 Å². The van der Waals surface area contributed by atoms with E-state index >= 15 is 0 Å². The molecule has 0 saturated heterocycles. The lowest BCUT2D eigenvalue weighted by atomic mass is 10.0. The van der Waals surface area contributed by atoms with Crippen LogP contribution in [0.5, 0.6) is 0 Å². The van der Waals surface area contributed by atoms with Crippen molar-refractivity contribution in [2.75, 3.05) is 0 Å². The van der Waals surface area contributed by atoms with Gasteiger partial charge in [-0.3, -0.25) is 4.55 Å². The minimum absolute atomic E-state index is 0.179. The summed E-state index contributed by atoms with van der Waals surface area (Å²) in [4.78, 5) is 0. The first-order chi connectivity index (χ1) is 12.9. The topological polar surface area (TPSA) is 74.6 Å². The molecule has 0 aliphatic heterocycles. The third-order valence-corrected chi connectivity index (χ3v) is 6.76. The van der Waals surface area contributed by atoms with Crippen LogP contribution in [0.15, 0.2) is 0 Å². The number of hydrogen-bond donors (Lipinski definition) is 2. The number of unbranched alkanes of at least 4 members (excludes halogenated alkanes) is 13. The zero-order valence-electron chi connectivity index (χ0n) is 18.0. The van der Waals surface area contributed by atoms with Gasteiger partial charge in [0.1, 0.15) is 0 Å². The molecule has 2 unspecified atom stereocenters. The van der Waals surface area contributed by atoms with E-state index in [-0.39, 0.29) is 6.10 Å². The second kappa shape index (κ2) is 17.9. The van der Waals surface area contributed by atoms with Gasteiger partial charge in [0, 0.05) is 0 Å². The van der Waals surface area contributed by atoms with Gasteiger partial charge < -0.3 is 5.11 Å². The first-order valence-electron chi connectivity index (χ1n) is 11.5. The van der Waals surface area contributed by atoms with Crippen LogP contribution in [0.3, 0.4) is 0 Å². The smallest absolute Gasteiger partial charge is 0.267 e. The highest BCUT2D eigenvalue weighted by Crippen LogP contribution is 2.19. The lowest BCUT2D eigenvalue weighted by molar-refractivity contribution is 0.180. The molecule has 0 heterocycles. The van der Waals surface area contributed by atoms with E-state index in [2.05, 4.69) is 6.92 Å². The lowest BCUT2D eigenvalue weighted by Crippen LogP contribution is -2.20. The summed E-state index contributed by atoms with van der Waals surface area (Å²) in [5.74, 6) is 0. The molecule has 164 valence electrons. The Bertz CT molecular complexity index is 407. The third-order valence-electron chi connectivity index (χ3n) is 5.45. The van der Waals surface area contributed by atoms with Gasteiger partial charge in [0.05, 0.1) is 11.4 Å². The maximum Gasteiger partial charge on any atom is 0.267 e. The summed E-state index contributed by atoms with van der Waals surface area (Å²) >= 11 is 0. The molecule has 0 aromatic rings. The van der Waals surface area contributed by atoms with Gasteiger partial charge in [-0.15, -0.1) is 0 Å². The molecule has 0 rings (SSSR count). The average molecular weight is 407 g/mol. The molecule has 0 fully saturated rings. The second-order valence-corrected chi connectivity index (χ2v) is 10.00. The average Bonchev–Trinajstić information content (AvgIpc) is 2.59. The minimum Gasteiger partial charge on any atom is -0.393 e. The molecule has 0 radical (unpaired) electrons. The van der Waals surface area contributed by atoms with Crippen molar-refractivity contribution in [2.24, 2.45) is 0 Å². The first kappa shape index (κ1) is 26.9. The Morgan fingerprint density at radius 1 is 0.630 bits per heavy atom. The van der Waals surface area contributed by atoms with E-state index in [0.29, 0.717) is 12.8 Å². The van der Waals surface area contributed by atoms with Gasteiger partial charge in [0.15, 0.2) is 0 Å². The molecule has 0 aromatic carbocycles. The summed E-state index contributed by atoms with van der Waals surface area (Å²) in [5, 5.41) is 8.64. The summed E-state index contributed by atoms with van der Waals surface area (Å²) in [5.41, 5.74) is 0. The maximum absolute atomic E-state index is 11.6. The quantitative estimate of drug-likeness (QED) is 0.175. The highest BCUT2D eigenvalue weighted by atomic mass is 32.2. The highest BCUT2D eigenvalue weighted by molar-refractivity contribution is 7.86. The molecule has 0 amide bonds. The molecule has 0 saturated carbocycles. The van der Waals surface area contributed by atoms with Crippen LogP contribution in [0.4, 0.5) is 0 Å². The monoisotopic (exact) mass is 406 g/mol. The van der Waals surface area contributed by atoms with Gasteiger partial charge in [-0.25, -0.2) is 0 Å². The van der Waals surface area contributed by atoms with Gasteiger partial charge in [-0.2, -0.15) is 8.42 Å². The molecule has 2 atom stereocenters. The first-order valence-corrected chi connectivity index (χ1v) is 13.0. The Kier molecular flexibility index (Phi) is 17.8. The molecule has 4 nitrogen and oxygen atoms in total. The molecular formula is C22H46O4S. The molecule has 0 aliphatic rings. The van der Waals surface area contributed by atoms with E-state index in [4.69, 9.17) is 0 Å². The maximum atomic E-state index is 11.6. The molecule has 0 spiro atoms. The van der Waals surface area contributed by atoms with Crippen molar-refractivity contribution in [3.05, 3.63) is 0 Å². The van der Waals surface area contributed by atoms with Crippen LogP contribution >= 0.6 is 0 Å². The summed E-state index contributed by atoms with van der Waals surface area (Å²) in [7, 11) is -3.90. The predicted octanol–water partition coefficient (Wildman–Crippen LogP) is 6.67. The van der Waals surface area contributed by atoms with Crippen LogP contribution in [0.25, 0.3) is 0 Å². The molecule has 0 bridgehead atoms. The Hall–Kier alpha value is -0.130. The molecule has 2 N–H and O–H groups in total. The second-order valence-electron chi connectivity index (χ2n) is 8.30. The van der Waals surface area contributed by atoms with E-state index in [1.165, 1.54) is 57.8 Å². The fourth-order valence-corrected chi connectivity index (χ4v) is 4.57. The Labute approximate surface area is 169 Å². The lowest BCUT2D eigenvalue weighted by Gasteiger charge is -2.13. The van der Waals surface area contributed by atoms with Gasteiger partial charge in [0.25, 0.3) is 10.1 Å². The van der Waals surface area contributed by atoms with E-state index < -0.39 is 15.4 Å². The van der Waals surface area contributed by atoms with Crippen LogP contribution in [-0.2, 0) is 10.1 Å². The zero-order valence-corrected chi connectivity index (χ0v) is 18.8. The van der Waals surface area contributed by atoms with Crippen LogP contribution in [0.1, 0.15) is 129 Å². The molecule has 27 heavy (non-hydrogen) atoms. The van der Waals surface area contributed by atoms with E-state index in [1.54, 1.807) is 0 Å². The third kappa shape index (κ3) is 19.0. The number of rotatable bonds is 20. The zero-order chi connectivity index (χ0) is 20.4. The Balaban J connectivity index is 3.66. The summed E-state index contributed by atoms with van der Waals surface area (Å²) < 4.78 is 32.6. The molecule has 0 aromatic heterocycles. The summed E-state index contributed by atoms with van der Waals surface area (Å²) in [6.45, 7) is 4.05. The summed E-state index contributed by atoms with van der Waals surface area (Å²) in [6.07, 6.45) is 19.2. The van der Waals surface area contributed by atoms with E-state index in [9.17, 15) is 18.1 Å². The van der Waals surface area contributed by atoms with Crippen molar-refractivity contribution in [2.45, 2.75) is 141 Å². The summed E-state index contributed by atoms with van der Waals surface area (Å²) in [6, 6.07) is 0. The molecular weight excluding hydrogens is 360 g/mol. The highest BCUT2D eigenvalue weighted by Gasteiger charge is 2.21. The van der Waals surface area contributed by atoms with E-state index in [0.717, 1.165) is 44.9 Å². The van der Waals surface area contributed by atoms with Crippen molar-refractivity contribution < 1.29 is 18.1 Å². The van der Waals surface area contributed by atoms with E-state index in [1.807, 2.05) is 6.92 Å². The van der Waals surface area contributed by atoms with Crippen molar-refractivity contribution in [3.8, 4) is 0 Å². The molecule has 5 heteroatoms. The van der Waals surface area contributed by atoms with Crippen LogP contribution in [0.2, 0.25) is 0 Å². The van der Waals surface area contributed by atoms with Gasteiger partial charge >= 0.3 is 0 Å². The molecule has 0 aliphatic carbocycles. The number of aliphatic hydroxyl groups is 1. The minimum atomic E-state index is -3.90. The fraction of sp³-hybridized carbons (Fsp3) is 1.00. The van der Waals surface area contributed by atoms with Crippen LogP contribution in [-0.4, -0.2) is 29.4 Å². The van der Waals surface area contributed by atoms with Crippen molar-refractivity contribution in [1.29, 1.82) is 0 Å². The van der Waals surface area contributed by atoms with Gasteiger partial charge in [0.2, 0.25) is 0 Å².